The quantitative estimate of drug-likeness (QED) is 0.509. The third-order valence-electron chi connectivity index (χ3n) is 2.69. The molecule has 1 heteroatoms. The van der Waals surface area contributed by atoms with Gasteiger partial charge in [-0.15, -0.1) is 0 Å². The van der Waals surface area contributed by atoms with Crippen LogP contribution in [0, 0.1) is 24.2 Å². The Morgan fingerprint density at radius 3 is 2.27 bits per heavy atom. The van der Waals surface area contributed by atoms with E-state index in [9.17, 15) is 0 Å². The van der Waals surface area contributed by atoms with Gasteiger partial charge in [-0.1, -0.05) is 45.4 Å². The van der Waals surface area contributed by atoms with Gasteiger partial charge in [-0.05, 0) is 0 Å². The fraction of sp³-hybridized carbons (Fsp3) is 0.900. The van der Waals surface area contributed by atoms with Crippen LogP contribution in [-0.2, 0) is 22.4 Å². The maximum atomic E-state index is 2.53. The van der Waals surface area contributed by atoms with Gasteiger partial charge in [0.25, 0.3) is 0 Å². The monoisotopic (exact) mass is 336 g/mol. The van der Waals surface area contributed by atoms with Gasteiger partial charge in [-0.2, -0.15) is 12.3 Å². The van der Waals surface area contributed by atoms with Gasteiger partial charge in [0.2, 0.25) is 0 Å². The molecule has 1 fully saturated rings. The van der Waals surface area contributed by atoms with Crippen LogP contribution in [-0.4, -0.2) is 0 Å². The van der Waals surface area contributed by atoms with Crippen molar-refractivity contribution in [1.82, 2.24) is 0 Å². The molecule has 1 aliphatic rings. The summed E-state index contributed by atoms with van der Waals surface area (Å²) in [5.74, 6) is 2.73. The van der Waals surface area contributed by atoms with Crippen molar-refractivity contribution in [2.24, 2.45) is 17.8 Å². The van der Waals surface area contributed by atoms with E-state index in [0.717, 1.165) is 17.8 Å². The SMILES string of the molecule is CC(C)[C@H]1[CH-]C[C@H](C)CC1.[Au+]. The molecule has 0 aromatic rings. The summed E-state index contributed by atoms with van der Waals surface area (Å²) >= 11 is 0. The average molecular weight is 336 g/mol. The van der Waals surface area contributed by atoms with Crippen molar-refractivity contribution in [2.45, 2.75) is 40.0 Å². The molecule has 0 amide bonds. The molecular formula is C10H19Au. The smallest absolute Gasteiger partial charge is 0.325 e. The Labute approximate surface area is 86.7 Å². The Hall–Kier alpha value is 0.740. The van der Waals surface area contributed by atoms with Crippen molar-refractivity contribution < 1.29 is 22.4 Å². The van der Waals surface area contributed by atoms with E-state index in [4.69, 9.17) is 0 Å². The zero-order valence-electron chi connectivity index (χ0n) is 7.73. The molecule has 11 heavy (non-hydrogen) atoms. The van der Waals surface area contributed by atoms with Crippen molar-refractivity contribution in [1.29, 1.82) is 0 Å². The van der Waals surface area contributed by atoms with E-state index in [1.165, 1.54) is 19.3 Å². The molecule has 0 aliphatic heterocycles. The molecule has 0 aromatic heterocycles. The van der Waals surface area contributed by atoms with E-state index in [1.807, 2.05) is 0 Å². The van der Waals surface area contributed by atoms with Gasteiger partial charge in [0.15, 0.2) is 0 Å². The number of hydrogen-bond donors (Lipinski definition) is 0. The molecule has 0 heterocycles. The van der Waals surface area contributed by atoms with E-state index in [1.54, 1.807) is 0 Å². The van der Waals surface area contributed by atoms with E-state index >= 15 is 0 Å². The van der Waals surface area contributed by atoms with Gasteiger partial charge in [0.05, 0.1) is 0 Å². The second kappa shape index (κ2) is 5.40. The standard InChI is InChI=1S/C10H19.Au/c1-8(2)10-6-4-9(3)5-7-10;/h6,8-10H,4-5,7H2,1-3H3;/q-1;+1/t9-,10-;/m0./s1. The molecule has 70 valence electrons. The number of rotatable bonds is 1. The fourth-order valence-electron chi connectivity index (χ4n) is 1.73. The van der Waals surface area contributed by atoms with E-state index in [2.05, 4.69) is 27.2 Å². The molecule has 1 saturated carbocycles. The first-order valence-corrected chi connectivity index (χ1v) is 4.53. The van der Waals surface area contributed by atoms with Gasteiger partial charge in [0.1, 0.15) is 0 Å². The molecule has 0 spiro atoms. The summed E-state index contributed by atoms with van der Waals surface area (Å²) in [5.41, 5.74) is 0. The van der Waals surface area contributed by atoms with Crippen molar-refractivity contribution in [2.75, 3.05) is 0 Å². The summed E-state index contributed by atoms with van der Waals surface area (Å²) < 4.78 is 0. The second-order valence-electron chi connectivity index (χ2n) is 4.06. The normalized spacial score (nSPS) is 31.6. The van der Waals surface area contributed by atoms with E-state index in [0.29, 0.717) is 0 Å². The molecule has 0 saturated heterocycles. The largest absolute Gasteiger partial charge is 1.00 e. The third kappa shape index (κ3) is 3.78. The summed E-state index contributed by atoms with van der Waals surface area (Å²) in [4.78, 5) is 0. The van der Waals surface area contributed by atoms with Crippen molar-refractivity contribution in [3.8, 4) is 0 Å². The van der Waals surface area contributed by atoms with Crippen LogP contribution in [0.25, 0.3) is 0 Å². The van der Waals surface area contributed by atoms with Crippen molar-refractivity contribution in [3.05, 3.63) is 6.42 Å². The zero-order chi connectivity index (χ0) is 7.56. The molecule has 0 N–H and O–H groups in total. The molecular weight excluding hydrogens is 317 g/mol. The first-order chi connectivity index (χ1) is 4.70. The molecule has 0 radical (unpaired) electrons. The van der Waals surface area contributed by atoms with Gasteiger partial charge < -0.3 is 6.42 Å². The van der Waals surface area contributed by atoms with Crippen LogP contribution in [0.15, 0.2) is 0 Å². The van der Waals surface area contributed by atoms with Crippen molar-refractivity contribution in [3.63, 3.8) is 0 Å². The number of hydrogen-bond acceptors (Lipinski definition) is 0. The van der Waals surface area contributed by atoms with Gasteiger partial charge in [-0.25, -0.2) is 0 Å². The Kier molecular flexibility index (Phi) is 5.76. The second-order valence-corrected chi connectivity index (χ2v) is 4.06. The summed E-state index contributed by atoms with van der Waals surface area (Å²) in [7, 11) is 0. The molecule has 0 bridgehead atoms. The maximum absolute atomic E-state index is 2.53. The first-order valence-electron chi connectivity index (χ1n) is 4.53. The van der Waals surface area contributed by atoms with Crippen LogP contribution in [0.3, 0.4) is 0 Å². The molecule has 0 unspecified atom stereocenters. The maximum Gasteiger partial charge on any atom is 1.00 e. The van der Waals surface area contributed by atoms with E-state index < -0.39 is 0 Å². The molecule has 0 aromatic carbocycles. The Bertz CT molecular complexity index is 91.0. The minimum absolute atomic E-state index is 0. The summed E-state index contributed by atoms with van der Waals surface area (Å²) in [5, 5.41) is 0. The fourth-order valence-corrected chi connectivity index (χ4v) is 1.73. The summed E-state index contributed by atoms with van der Waals surface area (Å²) in [6.07, 6.45) is 6.75. The van der Waals surface area contributed by atoms with Gasteiger partial charge in [0, 0.05) is 0 Å². The minimum Gasteiger partial charge on any atom is -0.325 e. The Morgan fingerprint density at radius 2 is 1.91 bits per heavy atom. The minimum atomic E-state index is 0. The van der Waals surface area contributed by atoms with Gasteiger partial charge in [-0.3, -0.25) is 0 Å². The zero-order valence-corrected chi connectivity index (χ0v) is 9.90. The summed E-state index contributed by atoms with van der Waals surface area (Å²) in [6.45, 7) is 7.02. The average Bonchev–Trinajstić information content (AvgIpc) is 1.88. The molecule has 1 rings (SSSR count). The van der Waals surface area contributed by atoms with Crippen LogP contribution < -0.4 is 0 Å². The molecule has 0 nitrogen and oxygen atoms in total. The van der Waals surface area contributed by atoms with Crippen LogP contribution >= 0.6 is 0 Å². The Morgan fingerprint density at radius 1 is 1.27 bits per heavy atom. The van der Waals surface area contributed by atoms with Crippen LogP contribution in [0.2, 0.25) is 0 Å². The van der Waals surface area contributed by atoms with Crippen LogP contribution in [0.5, 0.6) is 0 Å². The Balaban J connectivity index is 0.000001000. The van der Waals surface area contributed by atoms with Crippen LogP contribution in [0.1, 0.15) is 40.0 Å². The predicted molar refractivity (Wildman–Crippen MR) is 45.6 cm³/mol. The van der Waals surface area contributed by atoms with Crippen LogP contribution in [0.4, 0.5) is 0 Å². The third-order valence-corrected chi connectivity index (χ3v) is 2.69. The topological polar surface area (TPSA) is 0 Å². The summed E-state index contributed by atoms with van der Waals surface area (Å²) in [6, 6.07) is 0. The first kappa shape index (κ1) is 11.7. The van der Waals surface area contributed by atoms with Gasteiger partial charge >= 0.3 is 22.4 Å². The molecule has 1 aliphatic carbocycles. The van der Waals surface area contributed by atoms with E-state index in [-0.39, 0.29) is 22.4 Å². The predicted octanol–water partition coefficient (Wildman–Crippen LogP) is 3.28. The molecule has 2 atom stereocenters. The van der Waals surface area contributed by atoms with Crippen molar-refractivity contribution >= 4 is 0 Å².